The van der Waals surface area contributed by atoms with Crippen LogP contribution >= 0.6 is 0 Å². The molecule has 1 amide bonds. The molecule has 2 aromatic rings. The van der Waals surface area contributed by atoms with Crippen LogP contribution in [0.4, 0.5) is 14.5 Å². The molecule has 11 heteroatoms. The van der Waals surface area contributed by atoms with Crippen molar-refractivity contribution < 1.29 is 36.2 Å². The van der Waals surface area contributed by atoms with Crippen molar-refractivity contribution in [3.8, 4) is 17.2 Å². The number of hydrogen-bond acceptors (Lipinski definition) is 6. The summed E-state index contributed by atoms with van der Waals surface area (Å²) in [5.41, 5.74) is 0.689. The molecular formula is C22H24F2N2O6S. The van der Waals surface area contributed by atoms with Gasteiger partial charge < -0.3 is 19.5 Å². The minimum Gasteiger partial charge on any atom is -0.495 e. The Morgan fingerprint density at radius 2 is 1.88 bits per heavy atom. The van der Waals surface area contributed by atoms with Gasteiger partial charge in [-0.2, -0.15) is 8.78 Å². The molecule has 0 unspecified atom stereocenters. The van der Waals surface area contributed by atoms with Crippen LogP contribution in [0.15, 0.2) is 47.4 Å². The van der Waals surface area contributed by atoms with Crippen molar-refractivity contribution in [1.82, 2.24) is 4.72 Å². The number of rotatable bonds is 11. The van der Waals surface area contributed by atoms with Crippen LogP contribution in [0, 0.1) is 0 Å². The maximum atomic E-state index is 12.5. The van der Waals surface area contributed by atoms with Crippen molar-refractivity contribution in [3.63, 3.8) is 0 Å². The van der Waals surface area contributed by atoms with Gasteiger partial charge in [-0.25, -0.2) is 13.1 Å². The monoisotopic (exact) mass is 482 g/mol. The maximum absolute atomic E-state index is 12.5. The van der Waals surface area contributed by atoms with Gasteiger partial charge in [-0.15, -0.1) is 0 Å². The number of carbonyl (C=O) groups is 1. The Labute approximate surface area is 190 Å². The fourth-order valence-electron chi connectivity index (χ4n) is 2.88. The molecule has 178 valence electrons. The van der Waals surface area contributed by atoms with Gasteiger partial charge in [0.05, 0.1) is 24.3 Å². The van der Waals surface area contributed by atoms with Crippen molar-refractivity contribution in [2.24, 2.45) is 0 Å². The molecule has 1 fully saturated rings. The second-order valence-electron chi connectivity index (χ2n) is 7.10. The summed E-state index contributed by atoms with van der Waals surface area (Å²) in [7, 11) is -2.31. The van der Waals surface area contributed by atoms with E-state index in [0.29, 0.717) is 5.56 Å². The highest BCUT2D eigenvalue weighted by atomic mass is 32.2. The number of nitrogens with one attached hydrogen (secondary N) is 2. The molecule has 0 bridgehead atoms. The van der Waals surface area contributed by atoms with E-state index in [-0.39, 0.29) is 40.5 Å². The molecule has 3 rings (SSSR count). The molecule has 0 atom stereocenters. The van der Waals surface area contributed by atoms with Crippen molar-refractivity contribution in [2.45, 2.75) is 37.3 Å². The van der Waals surface area contributed by atoms with Crippen LogP contribution < -0.4 is 24.2 Å². The van der Waals surface area contributed by atoms with Crippen molar-refractivity contribution in [3.05, 3.63) is 48.0 Å². The summed E-state index contributed by atoms with van der Waals surface area (Å²) < 4.78 is 67.5. The highest BCUT2D eigenvalue weighted by Crippen LogP contribution is 2.31. The molecular weight excluding hydrogens is 458 g/mol. The van der Waals surface area contributed by atoms with E-state index in [2.05, 4.69) is 14.8 Å². The number of halogens is 2. The lowest BCUT2D eigenvalue weighted by Crippen LogP contribution is -2.25. The van der Waals surface area contributed by atoms with E-state index in [1.807, 2.05) is 0 Å². The smallest absolute Gasteiger partial charge is 0.387 e. The summed E-state index contributed by atoms with van der Waals surface area (Å²) in [4.78, 5) is 12.5. The molecule has 0 aromatic heterocycles. The summed E-state index contributed by atoms with van der Waals surface area (Å²) in [6.45, 7) is -1.06. The number of ether oxygens (including phenoxy) is 3. The zero-order valence-electron chi connectivity index (χ0n) is 18.0. The fraction of sp³-hybridized carbons (Fsp3) is 0.318. The van der Waals surface area contributed by atoms with Crippen LogP contribution in [-0.4, -0.2) is 40.7 Å². The fourth-order valence-corrected chi connectivity index (χ4v) is 4.21. The summed E-state index contributed by atoms with van der Waals surface area (Å²) in [6, 6.07) is 8.38. The van der Waals surface area contributed by atoms with E-state index < -0.39 is 22.5 Å². The zero-order chi connectivity index (χ0) is 24.0. The van der Waals surface area contributed by atoms with E-state index in [9.17, 15) is 22.0 Å². The lowest BCUT2D eigenvalue weighted by atomic mass is 10.2. The highest BCUT2D eigenvalue weighted by molar-refractivity contribution is 7.89. The Bertz CT molecular complexity index is 1130. The molecule has 1 aliphatic rings. The van der Waals surface area contributed by atoms with E-state index in [4.69, 9.17) is 9.47 Å². The SMILES string of the molecule is CCOc1cc(/C=C/C(=O)Nc2cc(S(=O)(=O)NC3CC3)ccc2OC)ccc1OC(F)F. The molecule has 1 aliphatic carbocycles. The third kappa shape index (κ3) is 6.90. The predicted molar refractivity (Wildman–Crippen MR) is 118 cm³/mol. The van der Waals surface area contributed by atoms with Gasteiger partial charge in [0.1, 0.15) is 5.75 Å². The molecule has 0 heterocycles. The summed E-state index contributed by atoms with van der Waals surface area (Å²) >= 11 is 0. The minimum atomic E-state index is -3.71. The third-order valence-corrected chi connectivity index (χ3v) is 6.07. The van der Waals surface area contributed by atoms with Crippen LogP contribution in [0.2, 0.25) is 0 Å². The van der Waals surface area contributed by atoms with Crippen LogP contribution in [-0.2, 0) is 14.8 Å². The molecule has 33 heavy (non-hydrogen) atoms. The minimum absolute atomic E-state index is 0.00505. The average molecular weight is 483 g/mol. The number of carbonyl (C=O) groups excluding carboxylic acids is 1. The Morgan fingerprint density at radius 3 is 2.52 bits per heavy atom. The number of amides is 1. The Kier molecular flexibility index (Phi) is 7.88. The first-order chi connectivity index (χ1) is 15.7. The zero-order valence-corrected chi connectivity index (χ0v) is 18.8. The number of benzene rings is 2. The van der Waals surface area contributed by atoms with Gasteiger partial charge >= 0.3 is 6.61 Å². The molecule has 0 radical (unpaired) electrons. The van der Waals surface area contributed by atoms with Crippen LogP contribution in [0.25, 0.3) is 6.08 Å². The molecule has 0 aliphatic heterocycles. The highest BCUT2D eigenvalue weighted by Gasteiger charge is 2.28. The van der Waals surface area contributed by atoms with Gasteiger partial charge in [-0.05, 0) is 61.7 Å². The lowest BCUT2D eigenvalue weighted by Gasteiger charge is -2.12. The second-order valence-corrected chi connectivity index (χ2v) is 8.81. The average Bonchev–Trinajstić information content (AvgIpc) is 3.57. The summed E-state index contributed by atoms with van der Waals surface area (Å²) in [5.74, 6) is -0.266. The summed E-state index contributed by atoms with van der Waals surface area (Å²) in [6.07, 6.45) is 4.25. The first kappa shape index (κ1) is 24.5. The first-order valence-electron chi connectivity index (χ1n) is 10.1. The third-order valence-electron chi connectivity index (χ3n) is 4.55. The van der Waals surface area contributed by atoms with E-state index in [1.165, 1.54) is 55.7 Å². The van der Waals surface area contributed by atoms with Gasteiger partial charge in [-0.3, -0.25) is 4.79 Å². The molecule has 8 nitrogen and oxygen atoms in total. The second kappa shape index (κ2) is 10.6. The predicted octanol–water partition coefficient (Wildman–Crippen LogP) is 3.79. The van der Waals surface area contributed by atoms with Crippen molar-refractivity contribution >= 4 is 27.7 Å². The Morgan fingerprint density at radius 1 is 1.15 bits per heavy atom. The van der Waals surface area contributed by atoms with Gasteiger partial charge in [-0.1, -0.05) is 6.07 Å². The van der Waals surface area contributed by atoms with Gasteiger partial charge in [0, 0.05) is 12.1 Å². The first-order valence-corrected chi connectivity index (χ1v) is 11.6. The molecule has 0 saturated heterocycles. The molecule has 0 spiro atoms. The van der Waals surface area contributed by atoms with Crippen LogP contribution in [0.3, 0.4) is 0 Å². The van der Waals surface area contributed by atoms with Gasteiger partial charge in [0.15, 0.2) is 11.5 Å². The standard InChI is InChI=1S/C22H24F2N2O6S/c1-3-31-20-12-14(4-9-19(20)32-22(23)24)5-11-21(27)25-17-13-16(8-10-18(17)30-2)33(28,29)26-15-6-7-15/h4-5,8-13,15,22,26H,3,6-7H2,1-2H3,(H,25,27)/b11-5+. The van der Waals surface area contributed by atoms with Crippen LogP contribution in [0.5, 0.6) is 17.2 Å². The number of methoxy groups -OCH3 is 1. The number of anilines is 1. The number of hydrogen-bond donors (Lipinski definition) is 2. The van der Waals surface area contributed by atoms with E-state index >= 15 is 0 Å². The quantitative estimate of drug-likeness (QED) is 0.473. The largest absolute Gasteiger partial charge is 0.495 e. The van der Waals surface area contributed by atoms with Gasteiger partial charge in [0.2, 0.25) is 15.9 Å². The molecule has 2 N–H and O–H groups in total. The topological polar surface area (TPSA) is 103 Å². The summed E-state index contributed by atoms with van der Waals surface area (Å²) in [5, 5.41) is 2.59. The maximum Gasteiger partial charge on any atom is 0.387 e. The van der Waals surface area contributed by atoms with Crippen LogP contribution in [0.1, 0.15) is 25.3 Å². The van der Waals surface area contributed by atoms with E-state index in [1.54, 1.807) is 6.92 Å². The normalized spacial score (nSPS) is 13.8. The lowest BCUT2D eigenvalue weighted by molar-refractivity contribution is -0.111. The molecule has 2 aromatic carbocycles. The van der Waals surface area contributed by atoms with Gasteiger partial charge in [0.25, 0.3) is 0 Å². The van der Waals surface area contributed by atoms with Crippen molar-refractivity contribution in [1.29, 1.82) is 0 Å². The van der Waals surface area contributed by atoms with E-state index in [0.717, 1.165) is 12.8 Å². The number of sulfonamides is 1. The van der Waals surface area contributed by atoms with Crippen molar-refractivity contribution in [2.75, 3.05) is 19.0 Å². The Balaban J connectivity index is 1.75. The number of alkyl halides is 2. The Hall–Kier alpha value is -3.18. The molecule has 1 saturated carbocycles.